The first-order valence-electron chi connectivity index (χ1n) is 9.46. The third kappa shape index (κ3) is 7.75. The van der Waals surface area contributed by atoms with Gasteiger partial charge in [-0.1, -0.05) is 23.7 Å². The van der Waals surface area contributed by atoms with E-state index in [0.29, 0.717) is 23.9 Å². The standard InChI is InChI=1S/C22H28ClN3O3/c1-15-10-16(2)12-18(11-15)29-9-8-26(4)14-22(28)24-13-21(27)25-20-7-5-6-19(23)17(20)3/h5-7,10-12H,8-9,13-14H2,1-4H3,(H,24,28)(H,25,27). The van der Waals surface area contributed by atoms with E-state index in [4.69, 9.17) is 16.3 Å². The first-order chi connectivity index (χ1) is 13.7. The van der Waals surface area contributed by atoms with Crippen molar-refractivity contribution >= 4 is 29.1 Å². The van der Waals surface area contributed by atoms with Crippen LogP contribution in [0.4, 0.5) is 5.69 Å². The summed E-state index contributed by atoms with van der Waals surface area (Å²) in [4.78, 5) is 26.0. The lowest BCUT2D eigenvalue weighted by Gasteiger charge is -2.17. The molecule has 2 N–H and O–H groups in total. The van der Waals surface area contributed by atoms with E-state index >= 15 is 0 Å². The Labute approximate surface area is 177 Å². The van der Waals surface area contributed by atoms with Crippen LogP contribution >= 0.6 is 11.6 Å². The van der Waals surface area contributed by atoms with Gasteiger partial charge in [0.2, 0.25) is 11.8 Å². The average Bonchev–Trinajstić information content (AvgIpc) is 2.63. The molecule has 6 nitrogen and oxygen atoms in total. The summed E-state index contributed by atoms with van der Waals surface area (Å²) in [6.07, 6.45) is 0. The van der Waals surface area contributed by atoms with Crippen molar-refractivity contribution in [2.75, 3.05) is 38.6 Å². The Hall–Kier alpha value is -2.57. The molecule has 156 valence electrons. The van der Waals surface area contributed by atoms with Crippen LogP contribution in [-0.4, -0.2) is 50.0 Å². The predicted molar refractivity (Wildman–Crippen MR) is 117 cm³/mol. The number of rotatable bonds is 9. The fourth-order valence-electron chi connectivity index (χ4n) is 2.83. The van der Waals surface area contributed by atoms with Crippen LogP contribution < -0.4 is 15.4 Å². The molecule has 29 heavy (non-hydrogen) atoms. The zero-order valence-electron chi connectivity index (χ0n) is 17.3. The molecule has 0 radical (unpaired) electrons. The number of carbonyl (C=O) groups excluding carboxylic acids is 2. The monoisotopic (exact) mass is 417 g/mol. The number of hydrogen-bond donors (Lipinski definition) is 2. The smallest absolute Gasteiger partial charge is 0.243 e. The van der Waals surface area contributed by atoms with Crippen LogP contribution in [0.25, 0.3) is 0 Å². The lowest BCUT2D eigenvalue weighted by molar-refractivity contribution is -0.124. The van der Waals surface area contributed by atoms with E-state index in [-0.39, 0.29) is 24.9 Å². The van der Waals surface area contributed by atoms with Crippen LogP contribution in [0.15, 0.2) is 36.4 Å². The van der Waals surface area contributed by atoms with Crippen molar-refractivity contribution in [3.8, 4) is 5.75 Å². The van der Waals surface area contributed by atoms with Crippen LogP contribution in [0.1, 0.15) is 16.7 Å². The molecular weight excluding hydrogens is 390 g/mol. The van der Waals surface area contributed by atoms with Gasteiger partial charge in [-0.05, 0) is 68.8 Å². The molecule has 0 saturated heterocycles. The first kappa shape index (κ1) is 22.7. The minimum absolute atomic E-state index is 0.0995. The highest BCUT2D eigenvalue weighted by Gasteiger charge is 2.10. The predicted octanol–water partition coefficient (Wildman–Crippen LogP) is 3.33. The van der Waals surface area contributed by atoms with E-state index in [1.54, 1.807) is 18.2 Å². The van der Waals surface area contributed by atoms with Crippen molar-refractivity contribution < 1.29 is 14.3 Å². The van der Waals surface area contributed by atoms with Crippen molar-refractivity contribution in [3.05, 3.63) is 58.1 Å². The number of hydrogen-bond acceptors (Lipinski definition) is 4. The van der Waals surface area contributed by atoms with Crippen LogP contribution in [0.5, 0.6) is 5.75 Å². The van der Waals surface area contributed by atoms with Crippen LogP contribution in [0.2, 0.25) is 5.02 Å². The van der Waals surface area contributed by atoms with Gasteiger partial charge >= 0.3 is 0 Å². The second-order valence-electron chi connectivity index (χ2n) is 7.15. The Morgan fingerprint density at radius 1 is 1.07 bits per heavy atom. The Morgan fingerprint density at radius 2 is 1.76 bits per heavy atom. The van der Waals surface area contributed by atoms with Gasteiger partial charge in [-0.25, -0.2) is 0 Å². The molecule has 0 aliphatic rings. The van der Waals surface area contributed by atoms with Gasteiger partial charge in [0.25, 0.3) is 0 Å². The fourth-order valence-corrected chi connectivity index (χ4v) is 3.01. The summed E-state index contributed by atoms with van der Waals surface area (Å²) >= 11 is 6.04. The molecular formula is C22H28ClN3O3. The number of amides is 2. The molecule has 2 rings (SSSR count). The molecule has 2 aromatic rings. The van der Waals surface area contributed by atoms with Crippen LogP contribution in [0, 0.1) is 20.8 Å². The van der Waals surface area contributed by atoms with Gasteiger partial charge in [0.05, 0.1) is 13.1 Å². The highest BCUT2D eigenvalue weighted by Crippen LogP contribution is 2.22. The third-order valence-electron chi connectivity index (χ3n) is 4.34. The second-order valence-corrected chi connectivity index (χ2v) is 7.55. The zero-order chi connectivity index (χ0) is 21.4. The molecule has 0 heterocycles. The number of benzene rings is 2. The van der Waals surface area contributed by atoms with Gasteiger partial charge in [0.15, 0.2) is 0 Å². The van der Waals surface area contributed by atoms with E-state index in [9.17, 15) is 9.59 Å². The van der Waals surface area contributed by atoms with E-state index < -0.39 is 0 Å². The van der Waals surface area contributed by atoms with Gasteiger partial charge in [-0.15, -0.1) is 0 Å². The van der Waals surface area contributed by atoms with Gasteiger partial charge in [0.1, 0.15) is 12.4 Å². The highest BCUT2D eigenvalue weighted by molar-refractivity contribution is 6.31. The quantitative estimate of drug-likeness (QED) is 0.656. The van der Waals surface area contributed by atoms with Gasteiger partial charge in [-0.3, -0.25) is 14.5 Å². The number of carbonyl (C=O) groups is 2. The minimum atomic E-state index is -0.301. The van der Waals surface area contributed by atoms with E-state index in [2.05, 4.69) is 16.7 Å². The average molecular weight is 418 g/mol. The van der Waals surface area contributed by atoms with Crippen molar-refractivity contribution in [1.82, 2.24) is 10.2 Å². The van der Waals surface area contributed by atoms with Gasteiger partial charge in [-0.2, -0.15) is 0 Å². The summed E-state index contributed by atoms with van der Waals surface area (Å²) in [7, 11) is 1.83. The molecule has 2 aromatic carbocycles. The van der Waals surface area contributed by atoms with Crippen molar-refractivity contribution in [2.24, 2.45) is 0 Å². The summed E-state index contributed by atoms with van der Waals surface area (Å²) in [5.41, 5.74) is 3.73. The molecule has 0 aliphatic heterocycles. The number of aryl methyl sites for hydroxylation is 2. The Balaban J connectivity index is 1.68. The summed E-state index contributed by atoms with van der Waals surface area (Å²) in [5, 5.41) is 5.95. The molecule has 7 heteroatoms. The number of halogens is 1. The van der Waals surface area contributed by atoms with E-state index in [1.807, 2.05) is 44.9 Å². The molecule has 0 bridgehead atoms. The molecule has 0 unspecified atom stereocenters. The summed E-state index contributed by atoms with van der Waals surface area (Å²) < 4.78 is 5.76. The first-order valence-corrected chi connectivity index (χ1v) is 9.83. The lowest BCUT2D eigenvalue weighted by Crippen LogP contribution is -2.40. The fraction of sp³-hybridized carbons (Fsp3) is 0.364. The van der Waals surface area contributed by atoms with Crippen molar-refractivity contribution in [1.29, 1.82) is 0 Å². The number of nitrogens with zero attached hydrogens (tertiary/aromatic N) is 1. The summed E-state index contributed by atoms with van der Waals surface area (Å²) in [5.74, 6) is 0.301. The molecule has 0 saturated carbocycles. The normalized spacial score (nSPS) is 10.7. The molecule has 0 aromatic heterocycles. The maximum atomic E-state index is 12.1. The minimum Gasteiger partial charge on any atom is -0.492 e. The zero-order valence-corrected chi connectivity index (χ0v) is 18.1. The Kier molecular flexibility index (Phi) is 8.49. The third-order valence-corrected chi connectivity index (χ3v) is 4.75. The maximum Gasteiger partial charge on any atom is 0.243 e. The number of nitrogens with one attached hydrogen (secondary N) is 2. The lowest BCUT2D eigenvalue weighted by atomic mass is 10.1. The Morgan fingerprint density at radius 3 is 2.45 bits per heavy atom. The van der Waals surface area contributed by atoms with Gasteiger partial charge in [0, 0.05) is 17.3 Å². The summed E-state index contributed by atoms with van der Waals surface area (Å²) in [6, 6.07) is 11.4. The number of likely N-dealkylation sites (N-methyl/N-ethyl adjacent to an activating group) is 1. The summed E-state index contributed by atoms with van der Waals surface area (Å²) in [6.45, 7) is 7.03. The molecule has 0 atom stereocenters. The SMILES string of the molecule is Cc1cc(C)cc(OCCN(C)CC(=O)NCC(=O)Nc2cccc(Cl)c2C)c1. The second kappa shape index (κ2) is 10.8. The van der Waals surface area contributed by atoms with Gasteiger partial charge < -0.3 is 15.4 Å². The van der Waals surface area contributed by atoms with E-state index in [0.717, 1.165) is 22.4 Å². The van der Waals surface area contributed by atoms with E-state index in [1.165, 1.54) is 0 Å². The number of anilines is 1. The Bertz CT molecular complexity index is 850. The molecule has 0 spiro atoms. The number of ether oxygens (including phenoxy) is 1. The van der Waals surface area contributed by atoms with Crippen LogP contribution in [-0.2, 0) is 9.59 Å². The molecule has 0 fully saturated rings. The topological polar surface area (TPSA) is 70.7 Å². The maximum absolute atomic E-state index is 12.1. The van der Waals surface area contributed by atoms with Crippen LogP contribution in [0.3, 0.4) is 0 Å². The van der Waals surface area contributed by atoms with Crippen molar-refractivity contribution in [3.63, 3.8) is 0 Å². The highest BCUT2D eigenvalue weighted by atomic mass is 35.5. The van der Waals surface area contributed by atoms with Crippen molar-refractivity contribution in [2.45, 2.75) is 20.8 Å². The molecule has 0 aliphatic carbocycles. The largest absolute Gasteiger partial charge is 0.492 e. The molecule has 2 amide bonds.